The number of halogens is 1. The van der Waals surface area contributed by atoms with Crippen molar-refractivity contribution in [2.75, 3.05) is 57.1 Å². The molecule has 4 aliphatic heterocycles. The predicted molar refractivity (Wildman–Crippen MR) is 231 cm³/mol. The highest BCUT2D eigenvalue weighted by Gasteiger charge is 2.44. The van der Waals surface area contributed by atoms with Crippen LogP contribution in [0.1, 0.15) is 82.4 Å². The Morgan fingerprint density at radius 3 is 2.15 bits per heavy atom. The minimum atomic E-state index is -0.967. The zero-order valence-corrected chi connectivity index (χ0v) is 34.2. The molecule has 306 valence electrons. The van der Waals surface area contributed by atoms with Crippen LogP contribution in [0.25, 0.3) is 11.1 Å². The van der Waals surface area contributed by atoms with Crippen LogP contribution >= 0.6 is 11.6 Å². The summed E-state index contributed by atoms with van der Waals surface area (Å²) in [6.45, 7) is 6.73. The fraction of sp³-hybridized carbons (Fsp3) is 0.375. The smallest absolute Gasteiger partial charge is 0.262 e. The van der Waals surface area contributed by atoms with Crippen LogP contribution in [0.4, 0.5) is 5.69 Å². The van der Waals surface area contributed by atoms with Crippen LogP contribution in [-0.2, 0) is 9.59 Å². The van der Waals surface area contributed by atoms with Gasteiger partial charge in [-0.3, -0.25) is 34.3 Å². The first-order valence-corrected chi connectivity index (χ1v) is 21.6. The number of fused-ring (bicyclic) bond motifs is 1. The monoisotopic (exact) mass is 813 g/mol. The van der Waals surface area contributed by atoms with E-state index in [0.717, 1.165) is 93.3 Å². The minimum absolute atomic E-state index is 0.0990. The molecule has 0 aromatic heterocycles. The second-order valence-electron chi connectivity index (χ2n) is 16.1. The zero-order chi connectivity index (χ0) is 40.7. The molecular weight excluding hydrogens is 762 g/mol. The van der Waals surface area contributed by atoms with Gasteiger partial charge < -0.3 is 15.0 Å². The molecule has 8 rings (SSSR count). The van der Waals surface area contributed by atoms with Crippen LogP contribution in [0.2, 0.25) is 0 Å². The van der Waals surface area contributed by atoms with Crippen molar-refractivity contribution in [3.8, 4) is 5.75 Å². The van der Waals surface area contributed by atoms with Crippen molar-refractivity contribution < 1.29 is 23.9 Å². The number of nitrogens with zero attached hydrogens (tertiary/aromatic N) is 3. The Bertz CT molecular complexity index is 2170. The van der Waals surface area contributed by atoms with Gasteiger partial charge in [-0.05, 0) is 122 Å². The van der Waals surface area contributed by atoms with E-state index in [1.807, 2.05) is 18.2 Å². The van der Waals surface area contributed by atoms with Crippen LogP contribution in [-0.4, -0.2) is 102 Å². The van der Waals surface area contributed by atoms with Gasteiger partial charge >= 0.3 is 0 Å². The summed E-state index contributed by atoms with van der Waals surface area (Å²) in [4.78, 5) is 56.7. The van der Waals surface area contributed by atoms with Crippen LogP contribution in [0, 0.1) is 5.92 Å². The Balaban J connectivity index is 0.797. The molecule has 59 heavy (non-hydrogen) atoms. The van der Waals surface area contributed by atoms with E-state index in [-0.39, 0.29) is 24.8 Å². The average molecular weight is 814 g/mol. The third-order valence-electron chi connectivity index (χ3n) is 12.2. The first kappa shape index (κ1) is 40.5. The first-order valence-electron chi connectivity index (χ1n) is 21.0. The summed E-state index contributed by atoms with van der Waals surface area (Å²) >= 11 is 6.35. The number of likely N-dealkylation sites (tertiary alicyclic amines) is 2. The molecule has 1 unspecified atom stereocenters. The van der Waals surface area contributed by atoms with E-state index in [4.69, 9.17) is 16.3 Å². The van der Waals surface area contributed by atoms with E-state index >= 15 is 0 Å². The third kappa shape index (κ3) is 9.46. The molecule has 0 aliphatic carbocycles. The Morgan fingerprint density at radius 1 is 0.746 bits per heavy atom. The minimum Gasteiger partial charge on any atom is -0.492 e. The molecule has 0 spiro atoms. The maximum Gasteiger partial charge on any atom is 0.262 e. The van der Waals surface area contributed by atoms with Crippen molar-refractivity contribution in [1.29, 1.82) is 0 Å². The van der Waals surface area contributed by atoms with Gasteiger partial charge in [0, 0.05) is 43.7 Å². The van der Waals surface area contributed by atoms with Crippen LogP contribution in [0.5, 0.6) is 5.75 Å². The summed E-state index contributed by atoms with van der Waals surface area (Å²) in [5.41, 5.74) is 7.31. The van der Waals surface area contributed by atoms with Crippen molar-refractivity contribution in [2.24, 2.45) is 5.92 Å². The molecular formula is C48H52ClN5O5. The molecule has 2 N–H and O–H groups in total. The molecule has 0 radical (unpaired) electrons. The summed E-state index contributed by atoms with van der Waals surface area (Å²) in [7, 11) is 0. The number of piperidine rings is 3. The number of alkyl halides is 1. The van der Waals surface area contributed by atoms with Crippen LogP contribution in [0.3, 0.4) is 0 Å². The highest BCUT2D eigenvalue weighted by atomic mass is 35.5. The molecule has 4 aromatic rings. The second-order valence-corrected chi connectivity index (χ2v) is 16.5. The van der Waals surface area contributed by atoms with Crippen LogP contribution in [0.15, 0.2) is 103 Å². The number of allylic oxidation sites excluding steroid dienone is 1. The highest BCUT2D eigenvalue weighted by molar-refractivity contribution is 6.23. The van der Waals surface area contributed by atoms with Gasteiger partial charge in [0.1, 0.15) is 18.4 Å². The first-order chi connectivity index (χ1) is 28.8. The number of carbonyl (C=O) groups is 4. The maximum atomic E-state index is 13.3. The lowest BCUT2D eigenvalue weighted by Gasteiger charge is -2.38. The second kappa shape index (κ2) is 18.7. The van der Waals surface area contributed by atoms with Gasteiger partial charge in [-0.25, -0.2) is 0 Å². The van der Waals surface area contributed by atoms with Crippen molar-refractivity contribution in [3.63, 3.8) is 0 Å². The molecule has 3 saturated heterocycles. The number of hydrogen-bond acceptors (Lipinski definition) is 8. The molecule has 2 atom stereocenters. The van der Waals surface area contributed by atoms with Gasteiger partial charge in [0.2, 0.25) is 11.8 Å². The molecule has 0 bridgehead atoms. The summed E-state index contributed by atoms with van der Waals surface area (Å²) in [6, 6.07) is 34.0. The molecule has 4 heterocycles. The number of imide groups is 2. The Kier molecular flexibility index (Phi) is 12.9. The average Bonchev–Trinajstić information content (AvgIpc) is 3.50. The number of amides is 4. The van der Waals surface area contributed by atoms with Crippen molar-refractivity contribution in [3.05, 3.63) is 131 Å². The number of carbonyl (C=O) groups excluding carboxylic acids is 4. The number of benzene rings is 4. The van der Waals surface area contributed by atoms with Gasteiger partial charge in [-0.1, -0.05) is 72.8 Å². The molecule has 4 aliphatic rings. The lowest BCUT2D eigenvalue weighted by molar-refractivity contribution is -0.136. The Labute approximate surface area is 351 Å². The van der Waals surface area contributed by atoms with Gasteiger partial charge in [-0.15, -0.1) is 11.6 Å². The van der Waals surface area contributed by atoms with E-state index in [2.05, 4.69) is 93.2 Å². The predicted octanol–water partition coefficient (Wildman–Crippen LogP) is 7.34. The topological polar surface area (TPSA) is 111 Å². The molecule has 3 fully saturated rings. The van der Waals surface area contributed by atoms with E-state index in [0.29, 0.717) is 29.5 Å². The maximum absolute atomic E-state index is 13.3. The number of rotatable bonds is 14. The van der Waals surface area contributed by atoms with Crippen molar-refractivity contribution in [1.82, 2.24) is 20.0 Å². The molecule has 4 aromatic carbocycles. The van der Waals surface area contributed by atoms with E-state index < -0.39 is 23.8 Å². The Hall–Kier alpha value is -5.29. The van der Waals surface area contributed by atoms with Gasteiger partial charge in [0.15, 0.2) is 0 Å². The van der Waals surface area contributed by atoms with Gasteiger partial charge in [0.25, 0.3) is 11.8 Å². The van der Waals surface area contributed by atoms with Gasteiger partial charge in [-0.2, -0.15) is 0 Å². The van der Waals surface area contributed by atoms with Gasteiger partial charge in [0.05, 0.1) is 11.1 Å². The summed E-state index contributed by atoms with van der Waals surface area (Å²) in [5, 5.41) is 5.87. The van der Waals surface area contributed by atoms with E-state index in [1.54, 1.807) is 12.1 Å². The molecule has 4 amide bonds. The number of hydrogen-bond donors (Lipinski definition) is 2. The fourth-order valence-corrected chi connectivity index (χ4v) is 9.36. The fourth-order valence-electron chi connectivity index (χ4n) is 9.17. The summed E-state index contributed by atoms with van der Waals surface area (Å²) in [5.74, 6) is 0.107. The number of ether oxygens (including phenoxy) is 1. The SMILES string of the molecule is O=C1CCC(N2C(=O)c3ccc(N[C@H]4CCCN(CC5CCN(CCOc6ccc(C(=C(CCCl)c7ccccc7)c7ccccc7)cc6)CC5)C4)cc3C2=O)C(=O)N1. The Morgan fingerprint density at radius 2 is 1.44 bits per heavy atom. The van der Waals surface area contributed by atoms with Crippen molar-refractivity contribution in [2.45, 2.75) is 57.0 Å². The normalized spacial score (nSPS) is 20.9. The highest BCUT2D eigenvalue weighted by Crippen LogP contribution is 2.36. The van der Waals surface area contributed by atoms with E-state index in [1.165, 1.54) is 22.3 Å². The van der Waals surface area contributed by atoms with Crippen molar-refractivity contribution >= 4 is 52.1 Å². The number of anilines is 1. The third-order valence-corrected chi connectivity index (χ3v) is 12.4. The standard InChI is InChI=1S/C48H52ClN5O5/c49-24-21-40(34-8-3-1-4-9-34)45(35-10-5-2-6-11-35)36-13-16-39(17-14-36)59-29-28-52-26-22-33(23-27-52)31-53-25-7-12-38(32-53)50-37-15-18-41-42(30-37)48(58)54(47(41)57)43-19-20-44(55)51-46(43)56/h1-6,8-11,13-18,30,33,38,43,50H,7,12,19-29,31-32H2,(H,51,55,56)/t38-,43?/m0/s1. The largest absolute Gasteiger partial charge is 0.492 e. The van der Waals surface area contributed by atoms with E-state index in [9.17, 15) is 19.2 Å². The lowest BCUT2D eigenvalue weighted by atomic mass is 9.88. The number of nitrogens with one attached hydrogen (secondary N) is 2. The molecule has 11 heteroatoms. The lowest BCUT2D eigenvalue weighted by Crippen LogP contribution is -2.54. The quantitative estimate of drug-likeness (QED) is 0.0774. The summed E-state index contributed by atoms with van der Waals surface area (Å²) < 4.78 is 6.27. The summed E-state index contributed by atoms with van der Waals surface area (Å²) in [6.07, 6.45) is 5.45. The molecule has 0 saturated carbocycles. The molecule has 10 nitrogen and oxygen atoms in total. The zero-order valence-electron chi connectivity index (χ0n) is 33.4. The van der Waals surface area contributed by atoms with Crippen LogP contribution < -0.4 is 15.4 Å².